The van der Waals surface area contributed by atoms with E-state index in [2.05, 4.69) is 16.9 Å². The molecule has 0 spiro atoms. The summed E-state index contributed by atoms with van der Waals surface area (Å²) < 4.78 is 40.0. The number of amides is 1. The maximum absolute atomic E-state index is 13.3. The minimum Gasteiger partial charge on any atom is -0.341 e. The highest BCUT2D eigenvalue weighted by molar-refractivity contribution is 8.00. The van der Waals surface area contributed by atoms with E-state index in [1.807, 2.05) is 0 Å². The van der Waals surface area contributed by atoms with Crippen LogP contribution in [-0.2, 0) is 11.0 Å². The molecular formula is C20H22F3N3OS. The van der Waals surface area contributed by atoms with Gasteiger partial charge in [0.15, 0.2) is 5.16 Å². The number of hydrogen-bond acceptors (Lipinski definition) is 4. The number of likely N-dealkylation sites (tertiary alicyclic amines) is 1. The molecule has 0 saturated carbocycles. The molecule has 1 aliphatic rings. The Labute approximate surface area is 166 Å². The smallest absolute Gasteiger partial charge is 0.341 e. The van der Waals surface area contributed by atoms with Crippen LogP contribution in [0.25, 0.3) is 11.3 Å². The predicted octanol–water partition coefficient (Wildman–Crippen LogP) is 4.90. The third kappa shape index (κ3) is 5.04. The molecule has 2 aromatic rings. The van der Waals surface area contributed by atoms with E-state index in [1.54, 1.807) is 42.2 Å². The molecule has 0 unspecified atom stereocenters. The first-order valence-electron chi connectivity index (χ1n) is 9.21. The van der Waals surface area contributed by atoms with Crippen LogP contribution in [-0.4, -0.2) is 39.1 Å². The topological polar surface area (TPSA) is 46.1 Å². The average Bonchev–Trinajstić information content (AvgIpc) is 2.67. The lowest BCUT2D eigenvalue weighted by molar-refractivity contribution is -0.141. The van der Waals surface area contributed by atoms with E-state index >= 15 is 0 Å². The second-order valence-electron chi connectivity index (χ2n) is 7.08. The number of carbonyl (C=O) groups is 1. The minimum absolute atomic E-state index is 0.0421. The van der Waals surface area contributed by atoms with E-state index in [9.17, 15) is 18.0 Å². The molecule has 28 heavy (non-hydrogen) atoms. The lowest BCUT2D eigenvalue weighted by Gasteiger charge is -2.32. The fourth-order valence-electron chi connectivity index (χ4n) is 3.24. The molecule has 150 valence electrons. The van der Waals surface area contributed by atoms with Crippen molar-refractivity contribution in [2.45, 2.75) is 43.3 Å². The molecule has 1 fully saturated rings. The third-order valence-corrected chi connectivity index (χ3v) is 5.61. The molecule has 2 atom stereocenters. The molecule has 4 nitrogen and oxygen atoms in total. The number of benzene rings is 1. The van der Waals surface area contributed by atoms with Crippen molar-refractivity contribution in [3.8, 4) is 11.3 Å². The molecule has 0 aliphatic carbocycles. The van der Waals surface area contributed by atoms with Crippen molar-refractivity contribution < 1.29 is 18.0 Å². The summed E-state index contributed by atoms with van der Waals surface area (Å²) in [5.41, 5.74) is -0.243. The zero-order valence-electron chi connectivity index (χ0n) is 15.7. The number of halogens is 3. The van der Waals surface area contributed by atoms with Crippen molar-refractivity contribution in [3.63, 3.8) is 0 Å². The Balaban J connectivity index is 1.85. The Morgan fingerprint density at radius 3 is 2.61 bits per heavy atom. The van der Waals surface area contributed by atoms with Crippen molar-refractivity contribution in [1.29, 1.82) is 0 Å². The summed E-state index contributed by atoms with van der Waals surface area (Å²) in [6.07, 6.45) is -2.55. The maximum Gasteiger partial charge on any atom is 0.433 e. The van der Waals surface area contributed by atoms with Gasteiger partial charge in [0.1, 0.15) is 5.69 Å². The summed E-state index contributed by atoms with van der Waals surface area (Å²) in [5.74, 6) is 0.350. The summed E-state index contributed by atoms with van der Waals surface area (Å²) in [4.78, 5) is 22.5. The van der Waals surface area contributed by atoms with Crippen molar-refractivity contribution >= 4 is 17.7 Å². The van der Waals surface area contributed by atoms with Crippen molar-refractivity contribution in [1.82, 2.24) is 14.9 Å². The van der Waals surface area contributed by atoms with Crippen LogP contribution in [0.15, 0.2) is 41.6 Å². The van der Waals surface area contributed by atoms with Crippen LogP contribution in [0, 0.1) is 5.92 Å². The van der Waals surface area contributed by atoms with Crippen molar-refractivity contribution in [2.75, 3.05) is 13.1 Å². The summed E-state index contributed by atoms with van der Waals surface area (Å²) >= 11 is 0.972. The van der Waals surface area contributed by atoms with E-state index in [0.717, 1.165) is 30.7 Å². The zero-order chi connectivity index (χ0) is 20.3. The second-order valence-corrected chi connectivity index (χ2v) is 8.38. The molecule has 1 aliphatic heterocycles. The fraction of sp³-hybridized carbons (Fsp3) is 0.450. The van der Waals surface area contributed by atoms with Gasteiger partial charge in [-0.3, -0.25) is 4.79 Å². The summed E-state index contributed by atoms with van der Waals surface area (Å²) in [6.45, 7) is 5.16. The van der Waals surface area contributed by atoms with Crippen LogP contribution in [0.1, 0.15) is 32.4 Å². The number of thioether (sulfide) groups is 1. The molecule has 0 N–H and O–H groups in total. The lowest BCUT2D eigenvalue weighted by Crippen LogP contribution is -2.42. The van der Waals surface area contributed by atoms with Gasteiger partial charge in [-0.25, -0.2) is 9.97 Å². The van der Waals surface area contributed by atoms with Gasteiger partial charge in [-0.05, 0) is 31.7 Å². The molecule has 3 rings (SSSR count). The number of nitrogens with zero attached hydrogens (tertiary/aromatic N) is 3. The summed E-state index contributed by atoms with van der Waals surface area (Å²) in [6, 6.07) is 9.59. The van der Waals surface area contributed by atoms with Crippen LogP contribution >= 0.6 is 11.8 Å². The first kappa shape index (κ1) is 20.6. The molecule has 0 bridgehead atoms. The van der Waals surface area contributed by atoms with Crippen LogP contribution < -0.4 is 0 Å². The monoisotopic (exact) mass is 409 g/mol. The first-order valence-corrected chi connectivity index (χ1v) is 10.1. The first-order chi connectivity index (χ1) is 13.2. The number of alkyl halides is 3. The van der Waals surface area contributed by atoms with Gasteiger partial charge in [0, 0.05) is 18.7 Å². The highest BCUT2D eigenvalue weighted by atomic mass is 32.2. The van der Waals surface area contributed by atoms with Crippen molar-refractivity contribution in [2.24, 2.45) is 5.92 Å². The fourth-order valence-corrected chi connectivity index (χ4v) is 4.10. The van der Waals surface area contributed by atoms with Gasteiger partial charge >= 0.3 is 6.18 Å². The quantitative estimate of drug-likeness (QED) is 0.532. The van der Waals surface area contributed by atoms with Crippen LogP contribution in [0.4, 0.5) is 13.2 Å². The molecule has 1 aromatic carbocycles. The SMILES string of the molecule is C[C@@H]1CCCN(C(=O)[C@@H](C)Sc2nc(-c3ccccc3)cc(C(F)(F)F)n2)C1. The third-order valence-electron chi connectivity index (χ3n) is 4.66. The second kappa shape index (κ2) is 8.51. The number of rotatable bonds is 4. The minimum atomic E-state index is -4.59. The summed E-state index contributed by atoms with van der Waals surface area (Å²) in [5, 5.41) is -0.600. The standard InChI is InChI=1S/C20H22F3N3OS/c1-13-7-6-10-26(12-13)18(27)14(2)28-19-24-16(15-8-4-3-5-9-15)11-17(25-19)20(21,22)23/h3-5,8-9,11,13-14H,6-7,10,12H2,1-2H3/t13-,14-/m1/s1. The van der Waals surface area contributed by atoms with Crippen LogP contribution in [0.2, 0.25) is 0 Å². The largest absolute Gasteiger partial charge is 0.433 e. The molecule has 1 aromatic heterocycles. The lowest BCUT2D eigenvalue weighted by atomic mass is 10.0. The van der Waals surface area contributed by atoms with E-state index < -0.39 is 17.1 Å². The van der Waals surface area contributed by atoms with Crippen molar-refractivity contribution in [3.05, 3.63) is 42.1 Å². The average molecular weight is 409 g/mol. The molecule has 1 amide bonds. The molecule has 0 radical (unpaired) electrons. The van der Waals surface area contributed by atoms with Gasteiger partial charge in [-0.15, -0.1) is 0 Å². The Hall–Kier alpha value is -2.09. The predicted molar refractivity (Wildman–Crippen MR) is 103 cm³/mol. The Morgan fingerprint density at radius 2 is 1.96 bits per heavy atom. The van der Waals surface area contributed by atoms with E-state index in [1.165, 1.54) is 0 Å². The van der Waals surface area contributed by atoms with Crippen LogP contribution in [0.5, 0.6) is 0 Å². The number of aromatic nitrogens is 2. The van der Waals surface area contributed by atoms with Gasteiger partial charge in [0.2, 0.25) is 5.91 Å². The van der Waals surface area contributed by atoms with E-state index in [-0.39, 0.29) is 16.8 Å². The van der Waals surface area contributed by atoms with E-state index in [4.69, 9.17) is 0 Å². The zero-order valence-corrected chi connectivity index (χ0v) is 16.6. The molecule has 2 heterocycles. The Kier molecular flexibility index (Phi) is 6.27. The number of hydrogen-bond donors (Lipinski definition) is 0. The molecular weight excluding hydrogens is 387 g/mol. The molecule has 1 saturated heterocycles. The highest BCUT2D eigenvalue weighted by Gasteiger charge is 2.34. The van der Waals surface area contributed by atoms with Gasteiger partial charge < -0.3 is 4.90 Å². The van der Waals surface area contributed by atoms with Gasteiger partial charge in [-0.2, -0.15) is 13.2 Å². The van der Waals surface area contributed by atoms with E-state index in [0.29, 0.717) is 24.6 Å². The summed E-state index contributed by atoms with van der Waals surface area (Å²) in [7, 11) is 0. The number of piperidine rings is 1. The Bertz CT molecular complexity index is 829. The molecule has 8 heteroatoms. The maximum atomic E-state index is 13.3. The number of carbonyl (C=O) groups excluding carboxylic acids is 1. The highest BCUT2D eigenvalue weighted by Crippen LogP contribution is 2.33. The van der Waals surface area contributed by atoms with Gasteiger partial charge in [-0.1, -0.05) is 49.0 Å². The van der Waals surface area contributed by atoms with Crippen LogP contribution in [0.3, 0.4) is 0 Å². The normalized spacial score (nSPS) is 18.8. The van der Waals surface area contributed by atoms with Gasteiger partial charge in [0.05, 0.1) is 10.9 Å². The van der Waals surface area contributed by atoms with Gasteiger partial charge in [0.25, 0.3) is 0 Å². The Morgan fingerprint density at radius 1 is 1.25 bits per heavy atom.